The van der Waals surface area contributed by atoms with E-state index in [2.05, 4.69) is 27.8 Å². The molecule has 0 aromatic carbocycles. The smallest absolute Gasteiger partial charge is 0.137 e. The van der Waals surface area contributed by atoms with E-state index in [0.717, 1.165) is 24.4 Å². The number of hydrogen-bond donors (Lipinski definition) is 0. The topological polar surface area (TPSA) is 20.5 Å². The first-order chi connectivity index (χ1) is 9.86. The molecule has 0 unspecified atom stereocenters. The van der Waals surface area contributed by atoms with Crippen LogP contribution in [0.5, 0.6) is 0 Å². The van der Waals surface area contributed by atoms with Gasteiger partial charge in [0, 0.05) is 37.4 Å². The summed E-state index contributed by atoms with van der Waals surface area (Å²) in [5, 5.41) is 0. The Kier molecular flexibility index (Phi) is 4.58. The molecule has 0 bridgehead atoms. The molecule has 0 saturated heterocycles. The number of hydrogen-bond acceptors (Lipinski definition) is 2. The normalized spacial score (nSPS) is 17.1. The maximum absolute atomic E-state index is 5.99. The zero-order chi connectivity index (χ0) is 13.8. The van der Waals surface area contributed by atoms with E-state index in [1.54, 1.807) is 0 Å². The quantitative estimate of drug-likeness (QED) is 0.783. The number of imidazole rings is 1. The Hall–Kier alpha value is -1.06. The summed E-state index contributed by atoms with van der Waals surface area (Å²) in [5.74, 6) is 0.698. The molecular weight excluding hydrogens is 270 g/mol. The van der Waals surface area contributed by atoms with Gasteiger partial charge in [-0.1, -0.05) is 25.3 Å². The molecule has 3 rings (SSSR count). The number of aromatic nitrogens is 2. The molecule has 4 heteroatoms. The number of halogens is 1. The van der Waals surface area contributed by atoms with Gasteiger partial charge in [0.25, 0.3) is 0 Å². The Balaban J connectivity index is 1.74. The summed E-state index contributed by atoms with van der Waals surface area (Å²) < 4.78 is 2.09. The minimum atomic E-state index is 0.687. The van der Waals surface area contributed by atoms with Crippen molar-refractivity contribution in [3.8, 4) is 0 Å². The molecule has 1 aliphatic rings. The molecule has 0 spiro atoms. The fourth-order valence-corrected chi connectivity index (χ4v) is 3.43. The zero-order valence-corrected chi connectivity index (χ0v) is 12.6. The lowest BCUT2D eigenvalue weighted by atomic mass is 9.94. The summed E-state index contributed by atoms with van der Waals surface area (Å²) in [7, 11) is 0. The van der Waals surface area contributed by atoms with Crippen LogP contribution in [0, 0.1) is 0 Å². The largest absolute Gasteiger partial charge is 0.307 e. The molecule has 2 heterocycles. The predicted molar refractivity (Wildman–Crippen MR) is 83.2 cm³/mol. The summed E-state index contributed by atoms with van der Waals surface area (Å²) in [6.07, 6.45) is 10.9. The molecule has 20 heavy (non-hydrogen) atoms. The molecule has 0 aliphatic heterocycles. The highest BCUT2D eigenvalue weighted by molar-refractivity contribution is 6.18. The summed E-state index contributed by atoms with van der Waals surface area (Å²) >= 11 is 5.99. The van der Waals surface area contributed by atoms with Crippen molar-refractivity contribution in [1.29, 1.82) is 0 Å². The van der Waals surface area contributed by atoms with E-state index in [9.17, 15) is 0 Å². The Morgan fingerprint density at radius 2 is 2.10 bits per heavy atom. The Morgan fingerprint density at radius 1 is 1.25 bits per heavy atom. The molecule has 0 N–H and O–H groups in total. The molecule has 0 radical (unpaired) electrons. The second-order valence-electron chi connectivity index (χ2n) is 5.65. The van der Waals surface area contributed by atoms with Crippen LogP contribution in [0.1, 0.15) is 37.8 Å². The minimum absolute atomic E-state index is 0.687. The van der Waals surface area contributed by atoms with Crippen molar-refractivity contribution in [2.45, 2.75) is 44.7 Å². The molecule has 3 nitrogen and oxygen atoms in total. The first-order valence-corrected chi connectivity index (χ1v) is 8.13. The number of fused-ring (bicyclic) bond motifs is 1. The average molecular weight is 292 g/mol. The second-order valence-corrected chi connectivity index (χ2v) is 6.03. The standard InChI is InChI=1S/C16H22ClN3/c17-9-11-19(15-6-2-1-3-7-15)12-14-13-20-10-5-4-8-16(20)18-14/h4-5,8,10,13,15H,1-3,6-7,9,11-12H2. The van der Waals surface area contributed by atoms with Crippen LogP contribution in [0.25, 0.3) is 5.65 Å². The van der Waals surface area contributed by atoms with E-state index in [1.165, 1.54) is 32.1 Å². The first kappa shape index (κ1) is 13.9. The van der Waals surface area contributed by atoms with Gasteiger partial charge >= 0.3 is 0 Å². The van der Waals surface area contributed by atoms with Crippen LogP contribution in [-0.4, -0.2) is 32.8 Å². The highest BCUT2D eigenvalue weighted by Gasteiger charge is 2.21. The molecule has 0 atom stereocenters. The minimum Gasteiger partial charge on any atom is -0.307 e. The lowest BCUT2D eigenvalue weighted by Gasteiger charge is -2.33. The molecule has 2 aromatic rings. The van der Waals surface area contributed by atoms with Gasteiger partial charge in [-0.25, -0.2) is 4.98 Å². The van der Waals surface area contributed by atoms with Crippen molar-refractivity contribution >= 4 is 17.2 Å². The molecule has 2 aromatic heterocycles. The SMILES string of the molecule is ClCCN(Cc1cn2ccccc2n1)C1CCCCC1. The van der Waals surface area contributed by atoms with Crippen molar-refractivity contribution in [2.75, 3.05) is 12.4 Å². The maximum atomic E-state index is 5.99. The summed E-state index contributed by atoms with van der Waals surface area (Å²) in [6, 6.07) is 6.81. The molecule has 0 amide bonds. The Labute approximate surface area is 125 Å². The van der Waals surface area contributed by atoms with Crippen LogP contribution < -0.4 is 0 Å². The van der Waals surface area contributed by atoms with Gasteiger partial charge in [0.05, 0.1) is 5.69 Å². The van der Waals surface area contributed by atoms with Crippen LogP contribution in [0.4, 0.5) is 0 Å². The van der Waals surface area contributed by atoms with Gasteiger partial charge in [-0.05, 0) is 25.0 Å². The van der Waals surface area contributed by atoms with Gasteiger partial charge in [-0.15, -0.1) is 11.6 Å². The molecule has 1 fully saturated rings. The van der Waals surface area contributed by atoms with Crippen LogP contribution in [-0.2, 0) is 6.54 Å². The number of nitrogens with zero attached hydrogens (tertiary/aromatic N) is 3. The van der Waals surface area contributed by atoms with Gasteiger partial charge in [-0.2, -0.15) is 0 Å². The van der Waals surface area contributed by atoms with Gasteiger partial charge < -0.3 is 4.40 Å². The monoisotopic (exact) mass is 291 g/mol. The van der Waals surface area contributed by atoms with Crippen molar-refractivity contribution < 1.29 is 0 Å². The lowest BCUT2D eigenvalue weighted by Crippen LogP contribution is -2.37. The number of pyridine rings is 1. The van der Waals surface area contributed by atoms with Gasteiger partial charge in [0.2, 0.25) is 0 Å². The third-order valence-corrected chi connectivity index (χ3v) is 4.41. The highest BCUT2D eigenvalue weighted by atomic mass is 35.5. The number of rotatable bonds is 5. The Bertz CT molecular complexity index is 512. The molecule has 108 valence electrons. The van der Waals surface area contributed by atoms with Crippen LogP contribution in [0.2, 0.25) is 0 Å². The first-order valence-electron chi connectivity index (χ1n) is 7.59. The van der Waals surface area contributed by atoms with Crippen molar-refractivity contribution in [3.63, 3.8) is 0 Å². The predicted octanol–water partition coefficient (Wildman–Crippen LogP) is 3.71. The lowest BCUT2D eigenvalue weighted by molar-refractivity contribution is 0.155. The van der Waals surface area contributed by atoms with E-state index < -0.39 is 0 Å². The summed E-state index contributed by atoms with van der Waals surface area (Å²) in [4.78, 5) is 7.23. The van der Waals surface area contributed by atoms with E-state index in [0.29, 0.717) is 11.9 Å². The highest BCUT2D eigenvalue weighted by Crippen LogP contribution is 2.24. The third kappa shape index (κ3) is 3.15. The van der Waals surface area contributed by atoms with E-state index in [4.69, 9.17) is 16.6 Å². The fourth-order valence-electron chi connectivity index (χ4n) is 3.22. The molecular formula is C16H22ClN3. The molecule has 1 aliphatic carbocycles. The van der Waals surface area contributed by atoms with Gasteiger partial charge in [0.15, 0.2) is 0 Å². The van der Waals surface area contributed by atoms with E-state index >= 15 is 0 Å². The van der Waals surface area contributed by atoms with Crippen LogP contribution >= 0.6 is 11.6 Å². The maximum Gasteiger partial charge on any atom is 0.137 e. The van der Waals surface area contributed by atoms with E-state index in [1.807, 2.05) is 12.1 Å². The fraction of sp³-hybridized carbons (Fsp3) is 0.562. The summed E-state index contributed by atoms with van der Waals surface area (Å²) in [5.41, 5.74) is 2.17. The van der Waals surface area contributed by atoms with Crippen LogP contribution in [0.3, 0.4) is 0 Å². The van der Waals surface area contributed by atoms with Gasteiger partial charge in [0.1, 0.15) is 5.65 Å². The Morgan fingerprint density at radius 3 is 2.85 bits per heavy atom. The van der Waals surface area contributed by atoms with Crippen molar-refractivity contribution in [2.24, 2.45) is 0 Å². The second kappa shape index (κ2) is 6.59. The van der Waals surface area contributed by atoms with Gasteiger partial charge in [-0.3, -0.25) is 4.90 Å². The van der Waals surface area contributed by atoms with Crippen molar-refractivity contribution in [1.82, 2.24) is 14.3 Å². The summed E-state index contributed by atoms with van der Waals surface area (Å²) in [6.45, 7) is 1.87. The average Bonchev–Trinajstić information content (AvgIpc) is 2.90. The zero-order valence-electron chi connectivity index (χ0n) is 11.8. The van der Waals surface area contributed by atoms with Crippen molar-refractivity contribution in [3.05, 3.63) is 36.3 Å². The van der Waals surface area contributed by atoms with E-state index in [-0.39, 0.29) is 0 Å². The molecule has 1 saturated carbocycles. The third-order valence-electron chi connectivity index (χ3n) is 4.24. The number of alkyl halides is 1. The van der Waals surface area contributed by atoms with Crippen LogP contribution in [0.15, 0.2) is 30.6 Å².